The molecular weight excluding hydrogens is 494 g/mol. The van der Waals surface area contributed by atoms with Gasteiger partial charge in [-0.15, -0.1) is 10.2 Å². The van der Waals surface area contributed by atoms with Crippen LogP contribution < -0.4 is 10.1 Å². The summed E-state index contributed by atoms with van der Waals surface area (Å²) in [6, 6.07) is 3.52. The van der Waals surface area contributed by atoms with Crippen LogP contribution in [0.3, 0.4) is 0 Å². The number of nitrogens with zero attached hydrogens (tertiary/aromatic N) is 4. The van der Waals surface area contributed by atoms with E-state index in [1.807, 2.05) is 13.0 Å². The number of hydrogen-bond donors (Lipinski definition) is 1. The Morgan fingerprint density at radius 3 is 2.61 bits per heavy atom. The smallest absolute Gasteiger partial charge is 0.259 e. The van der Waals surface area contributed by atoms with Gasteiger partial charge in [-0.2, -0.15) is 0 Å². The van der Waals surface area contributed by atoms with E-state index in [0.29, 0.717) is 38.6 Å². The van der Waals surface area contributed by atoms with Crippen molar-refractivity contribution in [2.24, 2.45) is 11.8 Å². The lowest BCUT2D eigenvalue weighted by molar-refractivity contribution is 0.102. The molecule has 3 rings (SSSR count). The fourth-order valence-electron chi connectivity index (χ4n) is 4.22. The number of anilines is 1. The maximum Gasteiger partial charge on any atom is 0.259 e. The van der Waals surface area contributed by atoms with E-state index in [9.17, 15) is 4.79 Å². The molecule has 0 spiro atoms. The lowest BCUT2D eigenvalue weighted by Crippen LogP contribution is -2.14. The molecule has 2 unspecified atom stereocenters. The van der Waals surface area contributed by atoms with Crippen molar-refractivity contribution in [1.82, 2.24) is 20.2 Å². The molecule has 0 radical (unpaired) electrons. The Hall–Kier alpha value is -2.58. The standard InChI is InChI=1S/C27H36ClN5O2S/c1-6-8-19(10-9-17(3)7-2)11-12-25-32-33-27(36-25)31-26(34)22-15-29-18(4)13-20(22)21-14-24(28)30-16-23(21)35-5/h13-17,19H,6-12H2,1-5H3,(H,31,33,34). The Labute approximate surface area is 223 Å². The van der Waals surface area contributed by atoms with Crippen LogP contribution in [-0.4, -0.2) is 33.2 Å². The molecule has 3 heterocycles. The van der Waals surface area contributed by atoms with Crippen LogP contribution >= 0.6 is 22.9 Å². The number of rotatable bonds is 13. The average Bonchev–Trinajstić information content (AvgIpc) is 3.32. The molecule has 0 aliphatic carbocycles. The van der Waals surface area contributed by atoms with Gasteiger partial charge in [0.2, 0.25) is 5.13 Å². The van der Waals surface area contributed by atoms with Gasteiger partial charge in [-0.1, -0.05) is 75.8 Å². The van der Waals surface area contributed by atoms with E-state index in [0.717, 1.165) is 29.5 Å². The third-order valence-electron chi connectivity index (χ3n) is 6.54. The maximum absolute atomic E-state index is 13.2. The molecule has 36 heavy (non-hydrogen) atoms. The molecule has 0 bridgehead atoms. The first kappa shape index (κ1) is 28.0. The molecule has 9 heteroatoms. The number of hydrogen-bond acceptors (Lipinski definition) is 7. The number of halogens is 1. The summed E-state index contributed by atoms with van der Waals surface area (Å²) in [4.78, 5) is 21.6. The van der Waals surface area contributed by atoms with Crippen LogP contribution in [0.25, 0.3) is 11.1 Å². The summed E-state index contributed by atoms with van der Waals surface area (Å²) in [5, 5.41) is 13.2. The number of nitrogens with one attached hydrogen (secondary N) is 1. The zero-order valence-electron chi connectivity index (χ0n) is 21.8. The predicted octanol–water partition coefficient (Wildman–Crippen LogP) is 7.39. The topological polar surface area (TPSA) is 89.9 Å². The van der Waals surface area contributed by atoms with Crippen LogP contribution in [0, 0.1) is 18.8 Å². The summed E-state index contributed by atoms with van der Waals surface area (Å²) in [5.74, 6) is 1.69. The molecule has 0 aliphatic heterocycles. The van der Waals surface area contributed by atoms with Gasteiger partial charge in [0.05, 0.1) is 18.9 Å². The van der Waals surface area contributed by atoms with E-state index in [-0.39, 0.29) is 5.91 Å². The molecule has 2 atom stereocenters. The molecule has 3 aromatic rings. The summed E-state index contributed by atoms with van der Waals surface area (Å²) in [6.45, 7) is 8.70. The minimum atomic E-state index is -0.312. The van der Waals surface area contributed by atoms with Gasteiger partial charge in [-0.3, -0.25) is 15.1 Å². The highest BCUT2D eigenvalue weighted by molar-refractivity contribution is 7.15. The van der Waals surface area contributed by atoms with Gasteiger partial charge in [0.15, 0.2) is 0 Å². The maximum atomic E-state index is 13.2. The van der Waals surface area contributed by atoms with Crippen molar-refractivity contribution in [3.63, 3.8) is 0 Å². The molecule has 0 aliphatic rings. The normalized spacial score (nSPS) is 12.8. The minimum Gasteiger partial charge on any atom is -0.494 e. The first-order valence-electron chi connectivity index (χ1n) is 12.6. The first-order valence-corrected chi connectivity index (χ1v) is 13.8. The van der Waals surface area contributed by atoms with Gasteiger partial charge in [-0.05, 0) is 37.3 Å². The Balaban J connectivity index is 1.71. The molecule has 3 aromatic heterocycles. The summed E-state index contributed by atoms with van der Waals surface area (Å²) < 4.78 is 5.46. The second-order valence-electron chi connectivity index (χ2n) is 9.32. The quantitative estimate of drug-likeness (QED) is 0.232. The summed E-state index contributed by atoms with van der Waals surface area (Å²) in [7, 11) is 1.56. The Morgan fingerprint density at radius 1 is 1.08 bits per heavy atom. The van der Waals surface area contributed by atoms with E-state index in [1.54, 1.807) is 25.6 Å². The number of carbonyl (C=O) groups is 1. The summed E-state index contributed by atoms with van der Waals surface area (Å²) in [5.41, 5.74) is 2.50. The molecular formula is C27H36ClN5O2S. The lowest BCUT2D eigenvalue weighted by atomic mass is 9.89. The van der Waals surface area contributed by atoms with Crippen LogP contribution in [0.1, 0.15) is 80.4 Å². The average molecular weight is 530 g/mol. The van der Waals surface area contributed by atoms with Gasteiger partial charge in [-0.25, -0.2) is 4.98 Å². The molecule has 0 saturated heterocycles. The third kappa shape index (κ3) is 7.71. The number of ether oxygens (including phenoxy) is 1. The van der Waals surface area contributed by atoms with Crippen molar-refractivity contribution in [1.29, 1.82) is 0 Å². The Kier molecular flexibility index (Phi) is 10.6. The molecule has 7 nitrogen and oxygen atoms in total. The van der Waals surface area contributed by atoms with Gasteiger partial charge in [0, 0.05) is 29.4 Å². The van der Waals surface area contributed by atoms with E-state index in [1.165, 1.54) is 43.4 Å². The zero-order valence-corrected chi connectivity index (χ0v) is 23.4. The zero-order chi connectivity index (χ0) is 26.1. The minimum absolute atomic E-state index is 0.311. The number of methoxy groups -OCH3 is 1. The van der Waals surface area contributed by atoms with E-state index < -0.39 is 0 Å². The van der Waals surface area contributed by atoms with Crippen molar-refractivity contribution in [3.05, 3.63) is 45.9 Å². The van der Waals surface area contributed by atoms with Crippen molar-refractivity contribution in [2.45, 2.75) is 72.6 Å². The Bertz CT molecular complexity index is 1150. The number of amides is 1. The number of carbonyl (C=O) groups excluding carboxylic acids is 1. The Morgan fingerprint density at radius 2 is 1.89 bits per heavy atom. The van der Waals surface area contributed by atoms with Crippen LogP contribution in [0.4, 0.5) is 5.13 Å². The number of aromatic nitrogens is 4. The fraction of sp³-hybridized carbons (Fsp3) is 0.519. The van der Waals surface area contributed by atoms with Crippen molar-refractivity contribution < 1.29 is 9.53 Å². The van der Waals surface area contributed by atoms with Crippen LogP contribution in [0.2, 0.25) is 5.15 Å². The molecule has 0 saturated carbocycles. The molecule has 1 N–H and O–H groups in total. The fourth-order valence-corrected chi connectivity index (χ4v) is 5.12. The van der Waals surface area contributed by atoms with E-state index in [4.69, 9.17) is 16.3 Å². The van der Waals surface area contributed by atoms with Crippen molar-refractivity contribution in [2.75, 3.05) is 12.4 Å². The van der Waals surface area contributed by atoms with Crippen LogP contribution in [0.5, 0.6) is 5.75 Å². The number of aryl methyl sites for hydroxylation is 2. The first-order chi connectivity index (χ1) is 17.3. The number of pyridine rings is 2. The summed E-state index contributed by atoms with van der Waals surface area (Å²) >= 11 is 7.57. The summed E-state index contributed by atoms with van der Waals surface area (Å²) in [6.07, 6.45) is 11.3. The van der Waals surface area contributed by atoms with Gasteiger partial charge in [0.25, 0.3) is 5.91 Å². The highest BCUT2D eigenvalue weighted by Gasteiger charge is 2.20. The predicted molar refractivity (Wildman–Crippen MR) is 147 cm³/mol. The highest BCUT2D eigenvalue weighted by Crippen LogP contribution is 2.34. The third-order valence-corrected chi connectivity index (χ3v) is 7.65. The van der Waals surface area contributed by atoms with Crippen molar-refractivity contribution in [3.8, 4) is 16.9 Å². The van der Waals surface area contributed by atoms with Crippen LogP contribution in [-0.2, 0) is 6.42 Å². The molecule has 1 amide bonds. The SMILES string of the molecule is CCCC(CCc1nnc(NC(=O)c2cnc(C)cc2-c2cc(Cl)ncc2OC)s1)CCC(C)CC. The van der Waals surface area contributed by atoms with Gasteiger partial charge < -0.3 is 4.74 Å². The van der Waals surface area contributed by atoms with E-state index in [2.05, 4.69) is 46.3 Å². The van der Waals surface area contributed by atoms with E-state index >= 15 is 0 Å². The largest absolute Gasteiger partial charge is 0.494 e. The second kappa shape index (κ2) is 13.7. The molecule has 0 fully saturated rings. The molecule has 0 aromatic carbocycles. The highest BCUT2D eigenvalue weighted by atomic mass is 35.5. The lowest BCUT2D eigenvalue weighted by Gasteiger charge is -2.17. The van der Waals surface area contributed by atoms with Gasteiger partial charge >= 0.3 is 0 Å². The van der Waals surface area contributed by atoms with Crippen molar-refractivity contribution >= 4 is 34.0 Å². The van der Waals surface area contributed by atoms with Crippen LogP contribution in [0.15, 0.2) is 24.5 Å². The monoisotopic (exact) mass is 529 g/mol. The molecule has 194 valence electrons. The second-order valence-corrected chi connectivity index (χ2v) is 10.8. The van der Waals surface area contributed by atoms with Gasteiger partial charge in [0.1, 0.15) is 15.9 Å².